The average molecular weight is 1380 g/mol. The van der Waals surface area contributed by atoms with Gasteiger partial charge in [-0.2, -0.15) is 0 Å². The van der Waals surface area contributed by atoms with E-state index in [0.29, 0.717) is 12.8 Å². The second-order valence-electron chi connectivity index (χ2n) is 26.4. The zero-order valence-electron chi connectivity index (χ0n) is 59.7. The molecular weight excluding hydrogens is 1250 g/mol. The Labute approximate surface area is 588 Å². The van der Waals surface area contributed by atoms with Crippen LogP contribution in [0.2, 0.25) is 0 Å². The van der Waals surface area contributed by atoms with E-state index in [4.69, 9.17) is 28.4 Å². The lowest BCUT2D eigenvalue weighted by Crippen LogP contribution is -2.66. The Hall–Kier alpha value is -3.81. The molecule has 17 atom stereocenters. The van der Waals surface area contributed by atoms with Crippen LogP contribution >= 0.6 is 0 Å². The lowest BCUT2D eigenvalue weighted by molar-refractivity contribution is -0.379. The van der Waals surface area contributed by atoms with Gasteiger partial charge in [-0.05, 0) is 103 Å². The van der Waals surface area contributed by atoms with E-state index in [2.05, 4.69) is 129 Å². The second-order valence-corrected chi connectivity index (χ2v) is 26.4. The predicted molar refractivity (Wildman–Crippen MR) is 387 cm³/mol. The molecule has 0 radical (unpaired) electrons. The SMILES string of the molecule is CC/C=C\C/C=C\C/C=C\C/C=C\C/C=C\C/C=C\C/C=C\CCCCCCCCCCCCCCCCCCCC(=O)NC(COC1OC(CO)C(OC2OC(CO)C(OC3OC(CO)C(O)C(O)C3O)C(O)C2O)C(O)C1O)C(O)/C=C/CC/C=C/CC/C=C/CCCCCC. The number of aliphatic hydroxyl groups excluding tert-OH is 11. The monoisotopic (exact) mass is 1380 g/mol. The van der Waals surface area contributed by atoms with Crippen molar-refractivity contribution < 1.29 is 89.4 Å². The summed E-state index contributed by atoms with van der Waals surface area (Å²) >= 11 is 0. The van der Waals surface area contributed by atoms with E-state index in [1.165, 1.54) is 116 Å². The molecule has 0 aliphatic carbocycles. The Bertz CT molecular complexity index is 2250. The van der Waals surface area contributed by atoms with Crippen LogP contribution in [-0.4, -0.2) is 193 Å². The minimum absolute atomic E-state index is 0.227. The van der Waals surface area contributed by atoms with E-state index in [1.807, 2.05) is 6.08 Å². The highest BCUT2D eigenvalue weighted by Crippen LogP contribution is 2.33. The van der Waals surface area contributed by atoms with Crippen molar-refractivity contribution in [3.05, 3.63) is 122 Å². The summed E-state index contributed by atoms with van der Waals surface area (Å²) in [5.41, 5.74) is 0. The van der Waals surface area contributed by atoms with Gasteiger partial charge in [-0.1, -0.05) is 251 Å². The summed E-state index contributed by atoms with van der Waals surface area (Å²) in [5.74, 6) is -0.293. The molecular formula is C79H133NO18. The highest BCUT2D eigenvalue weighted by atomic mass is 16.8. The van der Waals surface area contributed by atoms with Crippen molar-refractivity contribution in [2.24, 2.45) is 0 Å². The fourth-order valence-electron chi connectivity index (χ4n) is 11.9. The zero-order valence-corrected chi connectivity index (χ0v) is 59.7. The van der Waals surface area contributed by atoms with Crippen LogP contribution in [0.4, 0.5) is 0 Å². The molecule has 3 aliphatic heterocycles. The fraction of sp³-hybridized carbons (Fsp3) is 0.734. The van der Waals surface area contributed by atoms with Gasteiger partial charge in [-0.3, -0.25) is 4.79 Å². The maximum atomic E-state index is 13.4. The van der Waals surface area contributed by atoms with Crippen molar-refractivity contribution in [1.29, 1.82) is 0 Å². The number of hydrogen-bond donors (Lipinski definition) is 12. The van der Waals surface area contributed by atoms with Gasteiger partial charge in [0.05, 0.1) is 38.6 Å². The van der Waals surface area contributed by atoms with Crippen molar-refractivity contribution >= 4 is 5.91 Å². The molecule has 0 aromatic heterocycles. The van der Waals surface area contributed by atoms with Crippen molar-refractivity contribution in [1.82, 2.24) is 5.32 Å². The number of carbonyl (C=O) groups excluding carboxylic acids is 1. The smallest absolute Gasteiger partial charge is 0.220 e. The summed E-state index contributed by atoms with van der Waals surface area (Å²) in [6.07, 6.45) is 54.9. The van der Waals surface area contributed by atoms with E-state index >= 15 is 0 Å². The van der Waals surface area contributed by atoms with E-state index in [-0.39, 0.29) is 18.9 Å². The van der Waals surface area contributed by atoms with E-state index in [1.54, 1.807) is 6.08 Å². The van der Waals surface area contributed by atoms with E-state index in [0.717, 1.165) is 89.9 Å². The maximum absolute atomic E-state index is 13.4. The Morgan fingerprint density at radius 2 is 0.714 bits per heavy atom. The van der Waals surface area contributed by atoms with E-state index < -0.39 is 124 Å². The van der Waals surface area contributed by atoms with Crippen LogP contribution in [0.1, 0.15) is 239 Å². The van der Waals surface area contributed by atoms with Crippen molar-refractivity contribution in [3.63, 3.8) is 0 Å². The minimum atomic E-state index is -1.99. The molecule has 12 N–H and O–H groups in total. The molecule has 19 nitrogen and oxygen atoms in total. The molecule has 3 fully saturated rings. The van der Waals surface area contributed by atoms with Crippen molar-refractivity contribution in [2.75, 3.05) is 26.4 Å². The lowest BCUT2D eigenvalue weighted by Gasteiger charge is -2.48. The third-order valence-electron chi connectivity index (χ3n) is 18.0. The van der Waals surface area contributed by atoms with Crippen molar-refractivity contribution in [3.8, 4) is 0 Å². The number of carbonyl (C=O) groups is 1. The summed E-state index contributed by atoms with van der Waals surface area (Å²) in [6.45, 7) is 1.55. The van der Waals surface area contributed by atoms with Gasteiger partial charge in [0, 0.05) is 6.42 Å². The quantitative estimate of drug-likeness (QED) is 0.0199. The maximum Gasteiger partial charge on any atom is 0.220 e. The second kappa shape index (κ2) is 58.7. The molecule has 0 saturated carbocycles. The topological polar surface area (TPSA) is 307 Å². The van der Waals surface area contributed by atoms with E-state index in [9.17, 15) is 61.0 Å². The molecule has 3 aliphatic rings. The number of rotatable bonds is 57. The minimum Gasteiger partial charge on any atom is -0.394 e. The number of ether oxygens (including phenoxy) is 6. The Morgan fingerprint density at radius 3 is 1.14 bits per heavy atom. The van der Waals surface area contributed by atoms with Gasteiger partial charge in [-0.25, -0.2) is 0 Å². The summed E-state index contributed by atoms with van der Waals surface area (Å²) < 4.78 is 34.3. The van der Waals surface area contributed by atoms with Gasteiger partial charge >= 0.3 is 0 Å². The molecule has 562 valence electrons. The first-order chi connectivity index (χ1) is 47.8. The van der Waals surface area contributed by atoms with Gasteiger partial charge in [0.25, 0.3) is 0 Å². The summed E-state index contributed by atoms with van der Waals surface area (Å²) in [6, 6.07) is -1.00. The predicted octanol–water partition coefficient (Wildman–Crippen LogP) is 11.6. The van der Waals surface area contributed by atoms with Crippen LogP contribution in [0.15, 0.2) is 122 Å². The molecule has 0 aromatic carbocycles. The Morgan fingerprint density at radius 1 is 0.378 bits per heavy atom. The van der Waals surface area contributed by atoms with Crippen LogP contribution in [0.5, 0.6) is 0 Å². The van der Waals surface area contributed by atoms with Crippen LogP contribution in [0, 0.1) is 0 Å². The number of hydrogen-bond acceptors (Lipinski definition) is 18. The van der Waals surface area contributed by atoms with Gasteiger partial charge in [-0.15, -0.1) is 0 Å². The molecule has 3 heterocycles. The van der Waals surface area contributed by atoms with Crippen LogP contribution in [-0.2, 0) is 33.2 Å². The van der Waals surface area contributed by atoms with Crippen molar-refractivity contribution in [2.45, 2.75) is 343 Å². The molecule has 19 heteroatoms. The number of nitrogens with one attached hydrogen (secondary N) is 1. The Balaban J connectivity index is 1.32. The third-order valence-corrected chi connectivity index (χ3v) is 18.0. The molecule has 17 unspecified atom stereocenters. The first-order valence-electron chi connectivity index (χ1n) is 37.8. The molecule has 1 amide bonds. The summed E-state index contributed by atoms with van der Waals surface area (Å²) in [5, 5.41) is 120. The number of unbranched alkanes of at least 4 members (excludes halogenated alkanes) is 23. The van der Waals surface area contributed by atoms with Gasteiger partial charge < -0.3 is 89.9 Å². The lowest BCUT2D eigenvalue weighted by atomic mass is 9.96. The van der Waals surface area contributed by atoms with Crippen LogP contribution in [0.3, 0.4) is 0 Å². The Kier molecular flexibility index (Phi) is 52.9. The molecule has 0 bridgehead atoms. The third kappa shape index (κ3) is 39.0. The summed E-state index contributed by atoms with van der Waals surface area (Å²) in [4.78, 5) is 13.4. The largest absolute Gasteiger partial charge is 0.394 e. The molecule has 0 aromatic rings. The average Bonchev–Trinajstić information content (AvgIpc) is 0.785. The van der Waals surface area contributed by atoms with Gasteiger partial charge in [0.15, 0.2) is 18.9 Å². The number of amides is 1. The normalized spacial score (nSPS) is 27.5. The van der Waals surface area contributed by atoms with Crippen LogP contribution < -0.4 is 5.32 Å². The molecule has 0 spiro atoms. The highest BCUT2D eigenvalue weighted by Gasteiger charge is 2.53. The van der Waals surface area contributed by atoms with Gasteiger partial charge in [0.2, 0.25) is 5.91 Å². The summed E-state index contributed by atoms with van der Waals surface area (Å²) in [7, 11) is 0. The fourth-order valence-corrected chi connectivity index (χ4v) is 11.9. The molecule has 3 rings (SSSR count). The highest BCUT2D eigenvalue weighted by molar-refractivity contribution is 5.76. The van der Waals surface area contributed by atoms with Gasteiger partial charge in [0.1, 0.15) is 73.2 Å². The zero-order chi connectivity index (χ0) is 71.1. The first-order valence-corrected chi connectivity index (χ1v) is 37.8. The number of allylic oxidation sites excluding steroid dienone is 19. The van der Waals surface area contributed by atoms with Crippen LogP contribution in [0.25, 0.3) is 0 Å². The molecule has 98 heavy (non-hydrogen) atoms. The first kappa shape index (κ1) is 88.4. The number of aliphatic hydroxyl groups is 11. The standard InChI is InChI=1S/C79H133NO18/c1-3-5-7-9-11-13-15-17-19-20-21-22-23-24-25-26-27-28-29-30-31-32-33-34-35-36-37-38-39-40-41-42-43-45-47-49-51-53-55-57-67(85)80-62(63(84)56-54-52-50-48-46-44-18-16-14-12-10-8-6-4-2)61-93-77-73(91)70(88)75(65(59-82)95-77)98-79-74(92)71(89)76(66(60-83)96-79)97-78-72(90)69(87)68(86)64(58-81)94-78/h5,7,11,13-14,16-17,19,21-22,24-25,27-28,30-31,46,48,54,56,62-66,68-79,81-84,86-92H,3-4,6,8-10,12,15,18,20,23,26,29,32-45,47,49-53,55,57-61H2,1-2H3,(H,80,85)/b7-5-,13-11-,16-14+,19-17-,22-21-,25-24-,28-27-,31-30-,48-46+,56-54+. The molecule has 3 saturated heterocycles.